The van der Waals surface area contributed by atoms with Crippen LogP contribution in [0.5, 0.6) is 0 Å². The summed E-state index contributed by atoms with van der Waals surface area (Å²) in [6.07, 6.45) is 0. The molecular weight excluding hydrogens is 340 g/mol. The highest BCUT2D eigenvalue weighted by molar-refractivity contribution is 14.1. The third-order valence-electron chi connectivity index (χ3n) is 1.29. The summed E-state index contributed by atoms with van der Waals surface area (Å²) in [5.41, 5.74) is 4.88. The van der Waals surface area contributed by atoms with Crippen LogP contribution < -0.4 is 5.73 Å². The van der Waals surface area contributed by atoms with E-state index < -0.39 is 11.7 Å². The summed E-state index contributed by atoms with van der Waals surface area (Å²) in [6.45, 7) is 0. The van der Waals surface area contributed by atoms with Gasteiger partial charge in [-0.1, -0.05) is 0 Å². The Morgan fingerprint density at radius 2 is 2.17 bits per heavy atom. The van der Waals surface area contributed by atoms with E-state index in [9.17, 15) is 9.18 Å². The van der Waals surface area contributed by atoms with Gasteiger partial charge in [0.2, 0.25) is 0 Å². The van der Waals surface area contributed by atoms with Gasteiger partial charge in [0.05, 0.1) is 5.56 Å². The van der Waals surface area contributed by atoms with Gasteiger partial charge in [-0.3, -0.25) is 4.79 Å². The van der Waals surface area contributed by atoms with Gasteiger partial charge in [-0.2, -0.15) is 0 Å². The van der Waals surface area contributed by atoms with E-state index in [2.05, 4.69) is 15.9 Å². The molecule has 0 heterocycles. The van der Waals surface area contributed by atoms with Gasteiger partial charge in [0.1, 0.15) is 5.82 Å². The van der Waals surface area contributed by atoms with Gasteiger partial charge in [-0.25, -0.2) is 4.39 Å². The van der Waals surface area contributed by atoms with Gasteiger partial charge in [-0.05, 0) is 50.7 Å². The summed E-state index contributed by atoms with van der Waals surface area (Å²) in [7, 11) is 0. The first-order valence-electron chi connectivity index (χ1n) is 2.97. The number of nitrogens with two attached hydrogens (primary N) is 1. The average molecular weight is 344 g/mol. The summed E-state index contributed by atoms with van der Waals surface area (Å²) in [4.78, 5) is 10.7. The largest absolute Gasteiger partial charge is 0.365 e. The zero-order chi connectivity index (χ0) is 9.30. The van der Waals surface area contributed by atoms with Gasteiger partial charge in [0, 0.05) is 8.04 Å². The summed E-state index contributed by atoms with van der Waals surface area (Å²) >= 11 is 5.06. The summed E-state index contributed by atoms with van der Waals surface area (Å²) < 4.78 is 14.1. The second-order valence-corrected chi connectivity index (χ2v) is 4.04. The number of carbonyl (C=O) groups is 1. The topological polar surface area (TPSA) is 43.1 Å². The molecule has 0 fully saturated rings. The van der Waals surface area contributed by atoms with E-state index in [4.69, 9.17) is 5.73 Å². The first kappa shape index (κ1) is 9.91. The van der Waals surface area contributed by atoms with Crippen LogP contribution in [0.3, 0.4) is 0 Å². The zero-order valence-corrected chi connectivity index (χ0v) is 9.52. The fourth-order valence-electron chi connectivity index (χ4n) is 0.753. The Balaban J connectivity index is 3.43. The van der Waals surface area contributed by atoms with Crippen LogP contribution in [0.15, 0.2) is 16.6 Å². The average Bonchev–Trinajstić information content (AvgIpc) is 1.97. The number of primary amides is 1. The predicted octanol–water partition coefficient (Wildman–Crippen LogP) is 2.29. The number of halogens is 3. The van der Waals surface area contributed by atoms with Crippen molar-refractivity contribution in [3.05, 3.63) is 31.6 Å². The van der Waals surface area contributed by atoms with Gasteiger partial charge >= 0.3 is 0 Å². The molecule has 1 amide bonds. The van der Waals surface area contributed by atoms with E-state index >= 15 is 0 Å². The zero-order valence-electron chi connectivity index (χ0n) is 5.77. The second-order valence-electron chi connectivity index (χ2n) is 2.08. The van der Waals surface area contributed by atoms with Crippen molar-refractivity contribution < 1.29 is 9.18 Å². The Hall–Kier alpha value is -0.170. The Morgan fingerprint density at radius 3 is 2.58 bits per heavy atom. The first-order valence-corrected chi connectivity index (χ1v) is 4.84. The molecule has 1 aromatic rings. The molecule has 5 heteroatoms. The van der Waals surface area contributed by atoms with Crippen LogP contribution in [0.4, 0.5) is 4.39 Å². The molecule has 1 rings (SSSR count). The molecular formula is C7H4BrFINO. The number of rotatable bonds is 1. The van der Waals surface area contributed by atoms with Crippen molar-refractivity contribution in [3.8, 4) is 0 Å². The lowest BCUT2D eigenvalue weighted by Crippen LogP contribution is -2.14. The monoisotopic (exact) mass is 343 g/mol. The molecule has 2 N–H and O–H groups in total. The minimum Gasteiger partial charge on any atom is -0.365 e. The Morgan fingerprint density at radius 1 is 1.58 bits per heavy atom. The van der Waals surface area contributed by atoms with Crippen LogP contribution in [0.25, 0.3) is 0 Å². The maximum atomic E-state index is 12.9. The predicted molar refractivity (Wildman–Crippen MR) is 55.3 cm³/mol. The molecule has 0 aromatic heterocycles. The maximum absolute atomic E-state index is 12.9. The lowest BCUT2D eigenvalue weighted by atomic mass is 10.2. The lowest BCUT2D eigenvalue weighted by molar-refractivity contribution is 0.0995. The molecule has 0 atom stereocenters. The molecule has 0 aliphatic heterocycles. The minimum atomic E-state index is -0.766. The Kier molecular flexibility index (Phi) is 3.05. The standard InChI is InChI=1S/C7H4BrFINO/c8-6-4(10)2-1-3(9)5(6)7(11)12/h1-2H,(H2,11,12). The molecule has 0 unspecified atom stereocenters. The van der Waals surface area contributed by atoms with Crippen molar-refractivity contribution in [2.45, 2.75) is 0 Å². The fraction of sp³-hybridized carbons (Fsp3) is 0. The van der Waals surface area contributed by atoms with E-state index in [0.29, 0.717) is 4.47 Å². The van der Waals surface area contributed by atoms with E-state index in [1.165, 1.54) is 6.07 Å². The molecule has 2 nitrogen and oxygen atoms in total. The van der Waals surface area contributed by atoms with Crippen molar-refractivity contribution in [2.24, 2.45) is 5.73 Å². The fourth-order valence-corrected chi connectivity index (χ4v) is 1.72. The quantitative estimate of drug-likeness (QED) is 0.617. The van der Waals surface area contributed by atoms with Crippen LogP contribution in [0.2, 0.25) is 0 Å². The van der Waals surface area contributed by atoms with Crippen LogP contribution in [0.1, 0.15) is 10.4 Å². The number of hydrogen-bond acceptors (Lipinski definition) is 1. The smallest absolute Gasteiger partial charge is 0.252 e. The molecule has 0 saturated heterocycles. The molecule has 64 valence electrons. The van der Waals surface area contributed by atoms with Gasteiger partial charge < -0.3 is 5.73 Å². The van der Waals surface area contributed by atoms with Gasteiger partial charge in [-0.15, -0.1) is 0 Å². The van der Waals surface area contributed by atoms with Crippen LogP contribution in [-0.4, -0.2) is 5.91 Å². The number of amides is 1. The van der Waals surface area contributed by atoms with E-state index in [1.807, 2.05) is 22.6 Å². The molecule has 0 aliphatic rings. The van der Waals surface area contributed by atoms with Crippen LogP contribution in [-0.2, 0) is 0 Å². The molecule has 1 aromatic carbocycles. The minimum absolute atomic E-state index is 0.0955. The van der Waals surface area contributed by atoms with Crippen molar-refractivity contribution in [1.82, 2.24) is 0 Å². The molecule has 0 spiro atoms. The van der Waals surface area contributed by atoms with Crippen LogP contribution >= 0.6 is 38.5 Å². The maximum Gasteiger partial charge on any atom is 0.252 e. The molecule has 0 radical (unpaired) electrons. The SMILES string of the molecule is NC(=O)c1c(F)ccc(I)c1Br. The van der Waals surface area contributed by atoms with Crippen molar-refractivity contribution >= 4 is 44.4 Å². The van der Waals surface area contributed by atoms with Crippen LogP contribution in [0, 0.1) is 9.39 Å². The number of hydrogen-bond donors (Lipinski definition) is 1. The normalized spacial score (nSPS) is 9.92. The van der Waals surface area contributed by atoms with E-state index in [1.54, 1.807) is 6.07 Å². The van der Waals surface area contributed by atoms with Gasteiger partial charge in [0.25, 0.3) is 5.91 Å². The second kappa shape index (κ2) is 3.69. The highest BCUT2D eigenvalue weighted by Gasteiger charge is 2.14. The van der Waals surface area contributed by atoms with Crippen molar-refractivity contribution in [2.75, 3.05) is 0 Å². The summed E-state index contributed by atoms with van der Waals surface area (Å²) in [5.74, 6) is -1.37. The lowest BCUT2D eigenvalue weighted by Gasteiger charge is -2.02. The number of benzene rings is 1. The third-order valence-corrected chi connectivity index (χ3v) is 3.75. The molecule has 12 heavy (non-hydrogen) atoms. The Labute approximate surface area is 90.6 Å². The molecule has 0 bridgehead atoms. The third kappa shape index (κ3) is 1.77. The summed E-state index contributed by atoms with van der Waals surface area (Å²) in [5, 5.41) is 0. The van der Waals surface area contributed by atoms with Gasteiger partial charge in [0.15, 0.2) is 0 Å². The highest BCUT2D eigenvalue weighted by atomic mass is 127. The first-order chi connectivity index (χ1) is 5.54. The summed E-state index contributed by atoms with van der Waals surface area (Å²) in [6, 6.07) is 2.78. The Bertz CT molecular complexity index is 342. The number of carbonyl (C=O) groups excluding carboxylic acids is 1. The molecule has 0 saturated carbocycles. The van der Waals surface area contributed by atoms with E-state index in [-0.39, 0.29) is 5.56 Å². The molecule has 0 aliphatic carbocycles. The highest BCUT2D eigenvalue weighted by Crippen LogP contribution is 2.25. The van der Waals surface area contributed by atoms with Crippen molar-refractivity contribution in [1.29, 1.82) is 0 Å². The van der Waals surface area contributed by atoms with E-state index in [0.717, 1.165) is 3.57 Å². The van der Waals surface area contributed by atoms with Crippen molar-refractivity contribution in [3.63, 3.8) is 0 Å².